The largest absolute Gasteiger partial charge is 0.338 e. The molecule has 4 nitrogen and oxygen atoms in total. The number of nitrogens with zero attached hydrogens (tertiary/aromatic N) is 1. The van der Waals surface area contributed by atoms with Crippen LogP contribution in [0.25, 0.3) is 0 Å². The number of benzene rings is 1. The van der Waals surface area contributed by atoms with Crippen LogP contribution in [-0.2, 0) is 9.59 Å². The quantitative estimate of drug-likeness (QED) is 0.872. The number of carbonyl (C=O) groups is 2. The minimum Gasteiger partial charge on any atom is -0.338 e. The van der Waals surface area contributed by atoms with Gasteiger partial charge in [-0.1, -0.05) is 18.2 Å². The molecule has 1 aromatic rings. The SMILES string of the molecule is C=CC(=O)N1CCCC(C)(C(=O)Nc2ccc(Cl)cc2)C1. The lowest BCUT2D eigenvalue weighted by Gasteiger charge is -2.38. The van der Waals surface area contributed by atoms with Crippen LogP contribution in [0.2, 0.25) is 5.02 Å². The molecule has 2 amide bonds. The van der Waals surface area contributed by atoms with Crippen LogP contribution in [0, 0.1) is 5.41 Å². The van der Waals surface area contributed by atoms with E-state index in [-0.39, 0.29) is 11.8 Å². The molecule has 1 aliphatic rings. The minimum atomic E-state index is -0.587. The van der Waals surface area contributed by atoms with E-state index in [1.54, 1.807) is 29.2 Å². The van der Waals surface area contributed by atoms with E-state index in [9.17, 15) is 9.59 Å². The van der Waals surface area contributed by atoms with E-state index >= 15 is 0 Å². The Labute approximate surface area is 129 Å². The summed E-state index contributed by atoms with van der Waals surface area (Å²) in [5.41, 5.74) is 0.120. The van der Waals surface area contributed by atoms with Gasteiger partial charge in [0, 0.05) is 23.8 Å². The van der Waals surface area contributed by atoms with Crippen molar-refractivity contribution in [1.82, 2.24) is 4.90 Å². The molecule has 2 rings (SSSR count). The Bertz CT molecular complexity index is 556. The molecule has 1 unspecified atom stereocenters. The van der Waals surface area contributed by atoms with Crippen molar-refractivity contribution in [2.24, 2.45) is 5.41 Å². The van der Waals surface area contributed by atoms with Gasteiger partial charge in [-0.05, 0) is 50.1 Å². The van der Waals surface area contributed by atoms with Gasteiger partial charge >= 0.3 is 0 Å². The summed E-state index contributed by atoms with van der Waals surface area (Å²) in [5.74, 6) is -0.202. The standard InChI is InChI=1S/C16H19ClN2O2/c1-3-14(20)19-10-4-9-16(2,11-19)15(21)18-13-7-5-12(17)6-8-13/h3,5-8H,1,4,9-11H2,2H3,(H,18,21). The van der Waals surface area contributed by atoms with Crippen LogP contribution in [0.4, 0.5) is 5.69 Å². The first-order valence-corrected chi connectivity index (χ1v) is 7.31. The Morgan fingerprint density at radius 2 is 2.05 bits per heavy atom. The van der Waals surface area contributed by atoms with Crippen molar-refractivity contribution >= 4 is 29.1 Å². The molecule has 1 fully saturated rings. The molecule has 0 aromatic heterocycles. The third kappa shape index (κ3) is 3.64. The zero-order valence-corrected chi connectivity index (χ0v) is 12.8. The summed E-state index contributed by atoms with van der Waals surface area (Å²) in [6.45, 7) is 6.48. The fourth-order valence-electron chi connectivity index (χ4n) is 2.56. The van der Waals surface area contributed by atoms with Crippen LogP contribution >= 0.6 is 11.6 Å². The summed E-state index contributed by atoms with van der Waals surface area (Å²) < 4.78 is 0. The Morgan fingerprint density at radius 1 is 1.38 bits per heavy atom. The van der Waals surface area contributed by atoms with Crippen molar-refractivity contribution in [2.45, 2.75) is 19.8 Å². The average Bonchev–Trinajstić information content (AvgIpc) is 2.48. The molecule has 0 saturated carbocycles. The van der Waals surface area contributed by atoms with Gasteiger partial charge in [0.25, 0.3) is 0 Å². The lowest BCUT2D eigenvalue weighted by Crippen LogP contribution is -2.49. The summed E-state index contributed by atoms with van der Waals surface area (Å²) in [6.07, 6.45) is 2.86. The second-order valence-corrected chi connectivity index (χ2v) is 6.03. The third-order valence-electron chi connectivity index (χ3n) is 3.83. The van der Waals surface area contributed by atoms with Crippen LogP contribution in [-0.4, -0.2) is 29.8 Å². The molecule has 1 N–H and O–H groups in total. The lowest BCUT2D eigenvalue weighted by atomic mass is 9.81. The molecule has 0 aliphatic carbocycles. The summed E-state index contributed by atoms with van der Waals surface area (Å²) in [7, 11) is 0. The zero-order chi connectivity index (χ0) is 15.5. The van der Waals surface area contributed by atoms with Crippen molar-refractivity contribution in [2.75, 3.05) is 18.4 Å². The number of nitrogens with one attached hydrogen (secondary N) is 1. The van der Waals surface area contributed by atoms with Crippen molar-refractivity contribution in [3.05, 3.63) is 41.9 Å². The second-order valence-electron chi connectivity index (χ2n) is 5.59. The van der Waals surface area contributed by atoms with Crippen LogP contribution < -0.4 is 5.32 Å². The lowest BCUT2D eigenvalue weighted by molar-refractivity contribution is -0.134. The van der Waals surface area contributed by atoms with Gasteiger partial charge in [-0.25, -0.2) is 0 Å². The molecular weight excluding hydrogens is 288 g/mol. The van der Waals surface area contributed by atoms with Gasteiger partial charge in [0.15, 0.2) is 0 Å². The monoisotopic (exact) mass is 306 g/mol. The number of hydrogen-bond acceptors (Lipinski definition) is 2. The number of piperidine rings is 1. The maximum atomic E-state index is 12.5. The fourth-order valence-corrected chi connectivity index (χ4v) is 2.68. The van der Waals surface area contributed by atoms with E-state index in [0.29, 0.717) is 23.8 Å². The molecule has 1 heterocycles. The molecule has 0 bridgehead atoms. The van der Waals surface area contributed by atoms with Crippen LogP contribution in [0.5, 0.6) is 0 Å². The Kier molecular flexibility index (Phi) is 4.68. The van der Waals surface area contributed by atoms with Gasteiger partial charge in [0.05, 0.1) is 5.41 Å². The number of hydrogen-bond donors (Lipinski definition) is 1. The smallest absolute Gasteiger partial charge is 0.245 e. The highest BCUT2D eigenvalue weighted by molar-refractivity contribution is 6.30. The first kappa shape index (κ1) is 15.6. The molecule has 1 atom stereocenters. The molecule has 0 radical (unpaired) electrons. The Balaban J connectivity index is 2.07. The average molecular weight is 307 g/mol. The van der Waals surface area contributed by atoms with E-state index < -0.39 is 5.41 Å². The molecule has 112 valence electrons. The van der Waals surface area contributed by atoms with Crippen LogP contribution in [0.15, 0.2) is 36.9 Å². The number of carbonyl (C=O) groups excluding carboxylic acids is 2. The molecule has 0 spiro atoms. The van der Waals surface area contributed by atoms with Gasteiger partial charge in [-0.15, -0.1) is 0 Å². The van der Waals surface area contributed by atoms with Crippen molar-refractivity contribution in [3.8, 4) is 0 Å². The highest BCUT2D eigenvalue weighted by atomic mass is 35.5. The molecule has 1 aromatic carbocycles. The van der Waals surface area contributed by atoms with E-state index in [1.165, 1.54) is 6.08 Å². The Morgan fingerprint density at radius 3 is 2.67 bits per heavy atom. The zero-order valence-electron chi connectivity index (χ0n) is 12.1. The first-order valence-electron chi connectivity index (χ1n) is 6.93. The Hall–Kier alpha value is -1.81. The number of halogens is 1. The van der Waals surface area contributed by atoms with Gasteiger partial charge in [-0.3, -0.25) is 9.59 Å². The van der Waals surface area contributed by atoms with Gasteiger partial charge in [-0.2, -0.15) is 0 Å². The van der Waals surface area contributed by atoms with E-state index in [2.05, 4.69) is 11.9 Å². The van der Waals surface area contributed by atoms with Gasteiger partial charge in [0.2, 0.25) is 11.8 Å². The first-order chi connectivity index (χ1) is 9.94. The van der Waals surface area contributed by atoms with E-state index in [4.69, 9.17) is 11.6 Å². The second kappa shape index (κ2) is 6.31. The summed E-state index contributed by atoms with van der Waals surface area (Å²) in [4.78, 5) is 25.9. The van der Waals surface area contributed by atoms with Gasteiger partial charge < -0.3 is 10.2 Å². The third-order valence-corrected chi connectivity index (χ3v) is 4.08. The number of amides is 2. The fraction of sp³-hybridized carbons (Fsp3) is 0.375. The highest BCUT2D eigenvalue weighted by Crippen LogP contribution is 2.31. The summed E-state index contributed by atoms with van der Waals surface area (Å²) in [5, 5.41) is 3.52. The molecule has 21 heavy (non-hydrogen) atoms. The molecule has 1 saturated heterocycles. The van der Waals surface area contributed by atoms with Gasteiger partial charge in [0.1, 0.15) is 0 Å². The molecule has 1 aliphatic heterocycles. The summed E-state index contributed by atoms with van der Waals surface area (Å²) >= 11 is 5.83. The maximum Gasteiger partial charge on any atom is 0.245 e. The predicted molar refractivity (Wildman–Crippen MR) is 84.2 cm³/mol. The topological polar surface area (TPSA) is 49.4 Å². The number of likely N-dealkylation sites (tertiary alicyclic amines) is 1. The maximum absolute atomic E-state index is 12.5. The van der Waals surface area contributed by atoms with Crippen molar-refractivity contribution < 1.29 is 9.59 Å². The summed E-state index contributed by atoms with van der Waals surface area (Å²) in [6, 6.07) is 6.99. The van der Waals surface area contributed by atoms with E-state index in [1.807, 2.05) is 6.92 Å². The predicted octanol–water partition coefficient (Wildman–Crippen LogP) is 3.09. The highest BCUT2D eigenvalue weighted by Gasteiger charge is 2.38. The van der Waals surface area contributed by atoms with Crippen molar-refractivity contribution in [3.63, 3.8) is 0 Å². The normalized spacial score (nSPS) is 21.7. The number of anilines is 1. The van der Waals surface area contributed by atoms with Crippen LogP contribution in [0.1, 0.15) is 19.8 Å². The van der Waals surface area contributed by atoms with Crippen LogP contribution in [0.3, 0.4) is 0 Å². The molecule has 5 heteroatoms. The number of rotatable bonds is 3. The minimum absolute atomic E-state index is 0.0774. The van der Waals surface area contributed by atoms with Crippen molar-refractivity contribution in [1.29, 1.82) is 0 Å². The molecular formula is C16H19ClN2O2. The van der Waals surface area contributed by atoms with E-state index in [0.717, 1.165) is 12.8 Å².